The molecule has 0 radical (unpaired) electrons. The van der Waals surface area contributed by atoms with Crippen molar-refractivity contribution in [1.82, 2.24) is 0 Å². The zero-order valence-corrected chi connectivity index (χ0v) is 10.1. The van der Waals surface area contributed by atoms with Crippen LogP contribution in [0, 0.1) is 12.3 Å². The predicted octanol–water partition coefficient (Wildman–Crippen LogP) is 3.36. The molecule has 0 aliphatic heterocycles. The molecule has 1 aromatic carbocycles. The average Bonchev–Trinajstić information content (AvgIpc) is 2.15. The van der Waals surface area contributed by atoms with E-state index in [9.17, 15) is 0 Å². The van der Waals surface area contributed by atoms with Gasteiger partial charge < -0.3 is 4.74 Å². The number of benzene rings is 1. The number of hydrogen-bond donors (Lipinski definition) is 1. The Bertz CT molecular complexity index is 312. The third kappa shape index (κ3) is 5.43. The van der Waals surface area contributed by atoms with E-state index in [1.165, 1.54) is 11.1 Å². The summed E-state index contributed by atoms with van der Waals surface area (Å²) < 4.78 is 5.08. The van der Waals surface area contributed by atoms with E-state index in [1.807, 2.05) is 6.92 Å². The zero-order chi connectivity index (χ0) is 10.4. The Hall–Kier alpha value is -1.02. The summed E-state index contributed by atoms with van der Waals surface area (Å²) in [5.41, 5.74) is 2.54. The van der Waals surface area contributed by atoms with Gasteiger partial charge in [-0.1, -0.05) is 29.8 Å². The number of rotatable bonds is 4. The third-order valence-corrected chi connectivity index (χ3v) is 2.04. The molecular weight excluding hydrogens is 210 g/mol. The van der Waals surface area contributed by atoms with Gasteiger partial charge in [-0.05, 0) is 25.8 Å². The van der Waals surface area contributed by atoms with Gasteiger partial charge in [-0.15, -0.1) is 12.4 Å². The Morgan fingerprint density at radius 2 is 2.13 bits per heavy atom. The Labute approximate surface area is 97.6 Å². The number of ether oxygens (including phenoxy) is 1. The molecule has 1 N–H and O–H groups in total. The lowest BCUT2D eigenvalue weighted by Gasteiger charge is -2.05. The van der Waals surface area contributed by atoms with Gasteiger partial charge in [-0.25, -0.2) is 0 Å². The minimum atomic E-state index is 0. The van der Waals surface area contributed by atoms with Crippen molar-refractivity contribution in [3.8, 4) is 0 Å². The van der Waals surface area contributed by atoms with Gasteiger partial charge in [0.1, 0.15) is 0 Å². The van der Waals surface area contributed by atoms with Gasteiger partial charge in [0.25, 0.3) is 0 Å². The highest BCUT2D eigenvalue weighted by Crippen LogP contribution is 2.06. The second kappa shape index (κ2) is 7.30. The first kappa shape index (κ1) is 14.0. The monoisotopic (exact) mass is 227 g/mol. The summed E-state index contributed by atoms with van der Waals surface area (Å²) in [6.45, 7) is 4.57. The van der Waals surface area contributed by atoms with Crippen molar-refractivity contribution in [2.45, 2.75) is 26.7 Å². The lowest BCUT2D eigenvalue weighted by molar-refractivity contribution is 0.314. The van der Waals surface area contributed by atoms with Crippen molar-refractivity contribution < 1.29 is 4.74 Å². The van der Waals surface area contributed by atoms with E-state index in [0.717, 1.165) is 6.42 Å². The van der Waals surface area contributed by atoms with Crippen LogP contribution in [0.4, 0.5) is 0 Å². The van der Waals surface area contributed by atoms with E-state index >= 15 is 0 Å². The van der Waals surface area contributed by atoms with Crippen molar-refractivity contribution in [3.63, 3.8) is 0 Å². The molecule has 15 heavy (non-hydrogen) atoms. The largest absolute Gasteiger partial charge is 0.481 e. The summed E-state index contributed by atoms with van der Waals surface area (Å²) in [4.78, 5) is 0. The molecule has 0 spiro atoms. The third-order valence-electron chi connectivity index (χ3n) is 2.04. The van der Waals surface area contributed by atoms with Gasteiger partial charge >= 0.3 is 0 Å². The maximum atomic E-state index is 7.47. The van der Waals surface area contributed by atoms with Gasteiger partial charge in [0.05, 0.1) is 6.61 Å². The second-order valence-corrected chi connectivity index (χ2v) is 3.35. The molecule has 3 heteroatoms. The normalized spacial score (nSPS) is 9.20. The molecule has 0 bridgehead atoms. The standard InChI is InChI=1S/C12H17NO.ClH/c1-3-14-12(13)8-7-11-6-4-5-10(2)9-11;/h4-6,9,13H,3,7-8H2,1-2H3;1H. The molecule has 0 heterocycles. The van der Waals surface area contributed by atoms with Crippen molar-refractivity contribution in [2.75, 3.05) is 6.61 Å². The van der Waals surface area contributed by atoms with E-state index in [0.29, 0.717) is 18.9 Å². The molecule has 0 amide bonds. The maximum absolute atomic E-state index is 7.47. The molecule has 0 saturated carbocycles. The highest BCUT2D eigenvalue weighted by molar-refractivity contribution is 5.85. The summed E-state index contributed by atoms with van der Waals surface area (Å²) in [5.74, 6) is 0.383. The summed E-state index contributed by atoms with van der Waals surface area (Å²) in [6, 6.07) is 8.37. The van der Waals surface area contributed by atoms with E-state index in [1.54, 1.807) is 0 Å². The fourth-order valence-electron chi connectivity index (χ4n) is 1.37. The van der Waals surface area contributed by atoms with Crippen LogP contribution in [-0.4, -0.2) is 12.5 Å². The maximum Gasteiger partial charge on any atom is 0.180 e. The van der Waals surface area contributed by atoms with Crippen LogP contribution < -0.4 is 0 Å². The van der Waals surface area contributed by atoms with Crippen LogP contribution in [0.2, 0.25) is 0 Å². The number of nitrogens with one attached hydrogen (secondary N) is 1. The SMILES string of the molecule is CCOC(=N)CCc1cccc(C)c1.Cl. The van der Waals surface area contributed by atoms with Gasteiger partial charge in [-0.2, -0.15) is 0 Å². The molecule has 0 aliphatic carbocycles. The topological polar surface area (TPSA) is 33.1 Å². The number of aryl methyl sites for hydroxylation is 2. The van der Waals surface area contributed by atoms with E-state index in [2.05, 4.69) is 31.2 Å². The van der Waals surface area contributed by atoms with Crippen LogP contribution in [-0.2, 0) is 11.2 Å². The van der Waals surface area contributed by atoms with Crippen molar-refractivity contribution >= 4 is 18.3 Å². The first-order valence-electron chi connectivity index (χ1n) is 4.98. The van der Waals surface area contributed by atoms with Crippen LogP contribution in [0.1, 0.15) is 24.5 Å². The molecule has 1 aromatic rings. The zero-order valence-electron chi connectivity index (χ0n) is 9.25. The van der Waals surface area contributed by atoms with Crippen LogP contribution in [0.5, 0.6) is 0 Å². The Balaban J connectivity index is 0.00000196. The fourth-order valence-corrected chi connectivity index (χ4v) is 1.37. The lowest BCUT2D eigenvalue weighted by atomic mass is 10.1. The van der Waals surface area contributed by atoms with E-state index < -0.39 is 0 Å². The summed E-state index contributed by atoms with van der Waals surface area (Å²) in [6.07, 6.45) is 1.58. The number of halogens is 1. The molecule has 84 valence electrons. The average molecular weight is 228 g/mol. The van der Waals surface area contributed by atoms with Gasteiger partial charge in [0.15, 0.2) is 5.90 Å². The summed E-state index contributed by atoms with van der Waals surface area (Å²) in [7, 11) is 0. The van der Waals surface area contributed by atoms with Crippen molar-refractivity contribution in [1.29, 1.82) is 5.41 Å². The molecule has 2 nitrogen and oxygen atoms in total. The molecule has 0 unspecified atom stereocenters. The van der Waals surface area contributed by atoms with E-state index in [4.69, 9.17) is 10.1 Å². The van der Waals surface area contributed by atoms with Crippen LogP contribution in [0.25, 0.3) is 0 Å². The van der Waals surface area contributed by atoms with Gasteiger partial charge in [-0.3, -0.25) is 5.41 Å². The molecular formula is C12H18ClNO. The lowest BCUT2D eigenvalue weighted by Crippen LogP contribution is -2.04. The highest BCUT2D eigenvalue weighted by atomic mass is 35.5. The molecule has 0 atom stereocenters. The molecule has 0 aliphatic rings. The van der Waals surface area contributed by atoms with E-state index in [-0.39, 0.29) is 12.4 Å². The highest BCUT2D eigenvalue weighted by Gasteiger charge is 1.98. The van der Waals surface area contributed by atoms with Crippen LogP contribution in [0.15, 0.2) is 24.3 Å². The molecule has 0 aromatic heterocycles. The van der Waals surface area contributed by atoms with Gasteiger partial charge in [0.2, 0.25) is 0 Å². The molecule has 1 rings (SSSR count). The second-order valence-electron chi connectivity index (χ2n) is 3.35. The minimum Gasteiger partial charge on any atom is -0.481 e. The van der Waals surface area contributed by atoms with Crippen LogP contribution in [0.3, 0.4) is 0 Å². The summed E-state index contributed by atoms with van der Waals surface area (Å²) >= 11 is 0. The quantitative estimate of drug-likeness (QED) is 0.621. The minimum absolute atomic E-state index is 0. The summed E-state index contributed by atoms with van der Waals surface area (Å²) in [5, 5.41) is 7.47. The molecule has 0 saturated heterocycles. The fraction of sp³-hybridized carbons (Fsp3) is 0.417. The first-order valence-corrected chi connectivity index (χ1v) is 4.98. The predicted molar refractivity (Wildman–Crippen MR) is 66.1 cm³/mol. The van der Waals surface area contributed by atoms with Crippen molar-refractivity contribution in [2.24, 2.45) is 0 Å². The van der Waals surface area contributed by atoms with Crippen molar-refractivity contribution in [3.05, 3.63) is 35.4 Å². The number of hydrogen-bond acceptors (Lipinski definition) is 2. The smallest absolute Gasteiger partial charge is 0.180 e. The van der Waals surface area contributed by atoms with Gasteiger partial charge in [0, 0.05) is 6.42 Å². The van der Waals surface area contributed by atoms with Crippen LogP contribution >= 0.6 is 12.4 Å². The Morgan fingerprint density at radius 1 is 1.40 bits per heavy atom. The molecule has 0 fully saturated rings. The Kier molecular flexibility index (Phi) is 6.80. The first-order chi connectivity index (χ1) is 6.72. The Morgan fingerprint density at radius 3 is 2.73 bits per heavy atom.